The van der Waals surface area contributed by atoms with Gasteiger partial charge in [-0.25, -0.2) is 0 Å². The van der Waals surface area contributed by atoms with Gasteiger partial charge in [-0.1, -0.05) is 6.92 Å². The van der Waals surface area contributed by atoms with Crippen LogP contribution in [0.1, 0.15) is 25.4 Å². The Morgan fingerprint density at radius 2 is 1.96 bits per heavy atom. The van der Waals surface area contributed by atoms with E-state index in [1.54, 1.807) is 13.0 Å². The van der Waals surface area contributed by atoms with Gasteiger partial charge in [-0.05, 0) is 25.1 Å². The van der Waals surface area contributed by atoms with Gasteiger partial charge >= 0.3 is 5.69 Å². The van der Waals surface area contributed by atoms with Crippen LogP contribution in [0.5, 0.6) is 0 Å². The molecule has 2 rings (SSSR count). The number of anilines is 1. The largest absolute Gasteiger partial charge is 0.460 e. The minimum atomic E-state index is -0.706. The maximum absolute atomic E-state index is 11.0. The number of benzene rings is 1. The molecule has 0 amide bonds. The number of non-ortho nitro benzene ring substituents is 1. The molecule has 0 fully saturated rings. The summed E-state index contributed by atoms with van der Waals surface area (Å²) in [6, 6.07) is 6.87. The fraction of sp³-hybridized carbons (Fsp3) is 0.214. The molecule has 0 aliphatic rings. The van der Waals surface area contributed by atoms with E-state index in [0.29, 0.717) is 11.5 Å². The molecule has 120 valence electrons. The Labute approximate surface area is 130 Å². The number of nitro benzene ring substituents is 2. The number of aryl methyl sites for hydroxylation is 1. The van der Waals surface area contributed by atoms with Crippen molar-refractivity contribution in [3.8, 4) is 0 Å². The number of nitro groups is 2. The summed E-state index contributed by atoms with van der Waals surface area (Å²) < 4.78 is 5.52. The first-order valence-corrected chi connectivity index (χ1v) is 6.74. The number of hydrogen-bond acceptors (Lipinski definition) is 7. The van der Waals surface area contributed by atoms with Crippen molar-refractivity contribution in [3.05, 3.63) is 62.1 Å². The average molecular weight is 318 g/mol. The van der Waals surface area contributed by atoms with Gasteiger partial charge in [0.25, 0.3) is 5.69 Å². The van der Waals surface area contributed by atoms with Gasteiger partial charge in [0, 0.05) is 12.5 Å². The van der Waals surface area contributed by atoms with Gasteiger partial charge in [-0.3, -0.25) is 25.7 Å². The van der Waals surface area contributed by atoms with Crippen LogP contribution in [-0.4, -0.2) is 15.6 Å². The van der Waals surface area contributed by atoms with Crippen molar-refractivity contribution in [2.24, 2.45) is 5.10 Å². The summed E-state index contributed by atoms with van der Waals surface area (Å²) >= 11 is 0. The third kappa shape index (κ3) is 3.70. The molecule has 1 aromatic carbocycles. The maximum Gasteiger partial charge on any atom is 0.301 e. The van der Waals surface area contributed by atoms with Gasteiger partial charge in [0.2, 0.25) is 0 Å². The highest BCUT2D eigenvalue weighted by Crippen LogP contribution is 2.29. The number of rotatable bonds is 6. The van der Waals surface area contributed by atoms with E-state index in [4.69, 9.17) is 4.42 Å². The second-order valence-electron chi connectivity index (χ2n) is 4.64. The molecule has 0 saturated carbocycles. The zero-order valence-corrected chi connectivity index (χ0v) is 12.5. The van der Waals surface area contributed by atoms with E-state index in [-0.39, 0.29) is 11.4 Å². The minimum absolute atomic E-state index is 0.0576. The first kappa shape index (κ1) is 16.1. The van der Waals surface area contributed by atoms with E-state index in [1.807, 2.05) is 13.0 Å². The Bertz CT molecular complexity index is 781. The minimum Gasteiger partial charge on any atom is -0.460 e. The molecule has 1 heterocycles. The first-order valence-electron chi connectivity index (χ1n) is 6.74. The fourth-order valence-electron chi connectivity index (χ4n) is 1.84. The van der Waals surface area contributed by atoms with Crippen molar-refractivity contribution in [1.29, 1.82) is 0 Å². The summed E-state index contributed by atoms with van der Waals surface area (Å²) in [7, 11) is 0. The Hall–Kier alpha value is -3.23. The van der Waals surface area contributed by atoms with E-state index in [2.05, 4.69) is 10.5 Å². The molecule has 9 nitrogen and oxygen atoms in total. The van der Waals surface area contributed by atoms with Gasteiger partial charge in [0.15, 0.2) is 0 Å². The van der Waals surface area contributed by atoms with Gasteiger partial charge in [0.05, 0.1) is 15.9 Å². The normalized spacial score (nSPS) is 11.3. The maximum atomic E-state index is 11.0. The van der Waals surface area contributed by atoms with Gasteiger partial charge in [-0.2, -0.15) is 5.10 Å². The fourth-order valence-corrected chi connectivity index (χ4v) is 1.84. The second kappa shape index (κ2) is 6.69. The Morgan fingerprint density at radius 3 is 2.52 bits per heavy atom. The summed E-state index contributed by atoms with van der Waals surface area (Å²) in [5.41, 5.74) is 2.32. The van der Waals surface area contributed by atoms with Crippen LogP contribution in [0.3, 0.4) is 0 Å². The summed E-state index contributed by atoms with van der Waals surface area (Å²) in [4.78, 5) is 20.3. The van der Waals surface area contributed by atoms with Crippen molar-refractivity contribution in [3.63, 3.8) is 0 Å². The van der Waals surface area contributed by atoms with Crippen molar-refractivity contribution >= 4 is 22.8 Å². The monoisotopic (exact) mass is 318 g/mol. The highest BCUT2D eigenvalue weighted by Gasteiger charge is 2.19. The van der Waals surface area contributed by atoms with Crippen LogP contribution in [0.4, 0.5) is 17.1 Å². The van der Waals surface area contributed by atoms with Gasteiger partial charge in [-0.15, -0.1) is 0 Å². The molecule has 2 aromatic rings. The van der Waals surface area contributed by atoms with Crippen LogP contribution < -0.4 is 5.43 Å². The van der Waals surface area contributed by atoms with Crippen molar-refractivity contribution in [1.82, 2.24) is 0 Å². The third-order valence-electron chi connectivity index (χ3n) is 3.10. The summed E-state index contributed by atoms with van der Waals surface area (Å²) in [6.45, 7) is 3.63. The van der Waals surface area contributed by atoms with Crippen molar-refractivity contribution in [2.75, 3.05) is 5.43 Å². The number of hydrogen-bond donors (Lipinski definition) is 1. The highest BCUT2D eigenvalue weighted by atomic mass is 16.6. The number of hydrazone groups is 1. The molecule has 0 atom stereocenters. The average Bonchev–Trinajstić information content (AvgIpc) is 3.01. The SMILES string of the molecule is CCc1ccc(C(C)=NNc2ccc([N+](=O)[O-])cc2[N+](=O)[O-])o1. The molecular formula is C14H14N4O5. The van der Waals surface area contributed by atoms with Crippen LogP contribution in [-0.2, 0) is 6.42 Å². The van der Waals surface area contributed by atoms with E-state index in [0.717, 1.165) is 18.2 Å². The molecule has 0 bridgehead atoms. The Balaban J connectivity index is 2.26. The lowest BCUT2D eigenvalue weighted by molar-refractivity contribution is -0.393. The predicted molar refractivity (Wildman–Crippen MR) is 83.7 cm³/mol. The lowest BCUT2D eigenvalue weighted by Gasteiger charge is -2.03. The quantitative estimate of drug-likeness (QED) is 0.494. The molecule has 1 N–H and O–H groups in total. The number of nitrogens with one attached hydrogen (secondary N) is 1. The standard InChI is InChI=1S/C14H14N4O5/c1-3-11-5-7-14(23-11)9(2)15-16-12-6-4-10(17(19)20)8-13(12)18(21)22/h4-8,16H,3H2,1-2H3. The van der Waals surface area contributed by atoms with Gasteiger partial charge < -0.3 is 4.42 Å². The molecule has 0 spiro atoms. The molecule has 9 heteroatoms. The zero-order valence-electron chi connectivity index (χ0n) is 12.5. The van der Waals surface area contributed by atoms with Crippen LogP contribution in [0.2, 0.25) is 0 Å². The summed E-state index contributed by atoms with van der Waals surface area (Å²) in [5, 5.41) is 25.7. The second-order valence-corrected chi connectivity index (χ2v) is 4.64. The Morgan fingerprint density at radius 1 is 1.22 bits per heavy atom. The van der Waals surface area contributed by atoms with Crippen molar-refractivity contribution < 1.29 is 14.3 Å². The first-order chi connectivity index (χ1) is 10.9. The molecule has 0 saturated heterocycles. The molecular weight excluding hydrogens is 304 g/mol. The molecule has 0 unspecified atom stereocenters. The summed E-state index contributed by atoms with van der Waals surface area (Å²) in [5.74, 6) is 1.34. The molecule has 1 aromatic heterocycles. The van der Waals surface area contributed by atoms with Crippen LogP contribution >= 0.6 is 0 Å². The Kier molecular flexibility index (Phi) is 4.69. The van der Waals surface area contributed by atoms with Gasteiger partial charge in [0.1, 0.15) is 22.9 Å². The number of furan rings is 1. The molecule has 0 aliphatic heterocycles. The lowest BCUT2D eigenvalue weighted by atomic mass is 10.2. The third-order valence-corrected chi connectivity index (χ3v) is 3.10. The van der Waals surface area contributed by atoms with E-state index < -0.39 is 15.5 Å². The van der Waals surface area contributed by atoms with Crippen LogP contribution in [0.15, 0.2) is 39.9 Å². The smallest absolute Gasteiger partial charge is 0.301 e. The lowest BCUT2D eigenvalue weighted by Crippen LogP contribution is -2.01. The molecule has 0 radical (unpaired) electrons. The number of nitrogens with zero attached hydrogens (tertiary/aromatic N) is 3. The van der Waals surface area contributed by atoms with E-state index in [9.17, 15) is 20.2 Å². The molecule has 23 heavy (non-hydrogen) atoms. The summed E-state index contributed by atoms with van der Waals surface area (Å²) in [6.07, 6.45) is 0.745. The molecule has 0 aliphatic carbocycles. The zero-order chi connectivity index (χ0) is 17.0. The predicted octanol–water partition coefficient (Wildman–Crippen LogP) is 3.49. The van der Waals surface area contributed by atoms with Crippen molar-refractivity contribution in [2.45, 2.75) is 20.3 Å². The topological polar surface area (TPSA) is 124 Å². The van der Waals surface area contributed by atoms with Crippen LogP contribution in [0, 0.1) is 20.2 Å². The van der Waals surface area contributed by atoms with E-state index in [1.165, 1.54) is 12.1 Å². The van der Waals surface area contributed by atoms with Crippen LogP contribution in [0.25, 0.3) is 0 Å². The highest BCUT2D eigenvalue weighted by molar-refractivity contribution is 5.96. The van der Waals surface area contributed by atoms with E-state index >= 15 is 0 Å².